The Balaban J connectivity index is 2.95. The Kier molecular flexibility index (Phi) is 4.11. The molecule has 0 bridgehead atoms. The first kappa shape index (κ1) is 14.6. The summed E-state index contributed by atoms with van der Waals surface area (Å²) in [4.78, 5) is 10.9. The molecule has 0 atom stereocenters. The van der Waals surface area contributed by atoms with Gasteiger partial charge in [-0.1, -0.05) is 0 Å². The van der Waals surface area contributed by atoms with Crippen LogP contribution in [-0.2, 0) is 14.8 Å². The number of hydrogen-bond acceptors (Lipinski definition) is 5. The fourth-order valence-corrected chi connectivity index (χ4v) is 3.87. The molecule has 1 rings (SSSR count). The van der Waals surface area contributed by atoms with Gasteiger partial charge < -0.3 is 5.11 Å². The Hall–Kier alpha value is -1.43. The molecular weight excluding hydrogens is 276 g/mol. The normalized spacial score (nSPS) is 12.1. The highest BCUT2D eigenvalue weighted by atomic mass is 32.2. The number of carboxylic acid groups (broad SMARTS) is 1. The van der Waals surface area contributed by atoms with Gasteiger partial charge in [0.25, 0.3) is 10.0 Å². The molecule has 0 aliphatic rings. The third-order valence-electron chi connectivity index (χ3n) is 1.96. The van der Waals surface area contributed by atoms with Crippen LogP contribution in [-0.4, -0.2) is 25.0 Å². The van der Waals surface area contributed by atoms with Gasteiger partial charge in [0.1, 0.15) is 15.2 Å². The van der Waals surface area contributed by atoms with Gasteiger partial charge in [0.2, 0.25) is 0 Å². The molecule has 0 aliphatic heterocycles. The van der Waals surface area contributed by atoms with Crippen LogP contribution >= 0.6 is 11.3 Å². The lowest BCUT2D eigenvalue weighted by molar-refractivity contribution is -0.138. The summed E-state index contributed by atoms with van der Waals surface area (Å²) in [6.45, 7) is 2.97. The zero-order valence-electron chi connectivity index (χ0n) is 9.80. The summed E-state index contributed by atoms with van der Waals surface area (Å²) in [6.07, 6.45) is -0.331. The van der Waals surface area contributed by atoms with Crippen molar-refractivity contribution >= 4 is 27.3 Å². The first-order valence-corrected chi connectivity index (χ1v) is 7.22. The smallest absolute Gasteiger partial charge is 0.305 e. The van der Waals surface area contributed by atoms with Crippen LogP contribution in [0.5, 0.6) is 0 Å². The Morgan fingerprint density at radius 3 is 2.61 bits per heavy atom. The van der Waals surface area contributed by atoms with Gasteiger partial charge >= 0.3 is 5.97 Å². The van der Waals surface area contributed by atoms with Crippen molar-refractivity contribution in [3.05, 3.63) is 17.0 Å². The van der Waals surface area contributed by atoms with E-state index in [0.717, 1.165) is 11.3 Å². The van der Waals surface area contributed by atoms with Crippen LogP contribution in [0.15, 0.2) is 16.3 Å². The molecular formula is C10H12N2O4S2. The average molecular weight is 288 g/mol. The minimum atomic E-state index is -3.80. The van der Waals surface area contributed by atoms with Gasteiger partial charge in [0, 0.05) is 5.54 Å². The number of carbonyl (C=O) groups is 1. The first-order valence-electron chi connectivity index (χ1n) is 4.92. The van der Waals surface area contributed by atoms with E-state index in [9.17, 15) is 13.2 Å². The molecule has 0 saturated heterocycles. The first-order chi connectivity index (χ1) is 8.16. The Morgan fingerprint density at radius 2 is 2.17 bits per heavy atom. The van der Waals surface area contributed by atoms with Gasteiger partial charge in [-0.2, -0.15) is 5.26 Å². The van der Waals surface area contributed by atoms with E-state index in [1.54, 1.807) is 0 Å². The quantitative estimate of drug-likeness (QED) is 0.845. The third kappa shape index (κ3) is 3.80. The molecule has 0 saturated carbocycles. The Morgan fingerprint density at radius 1 is 1.56 bits per heavy atom. The van der Waals surface area contributed by atoms with Crippen LogP contribution in [0, 0.1) is 11.3 Å². The molecule has 98 valence electrons. The van der Waals surface area contributed by atoms with Crippen LogP contribution in [0.4, 0.5) is 0 Å². The molecule has 0 spiro atoms. The number of hydrogen-bond donors (Lipinski definition) is 2. The SMILES string of the molecule is CC(C)(CC(=O)O)NS(=O)(=O)c1ccc(C#N)s1. The zero-order chi connectivity index (χ0) is 14.0. The molecule has 2 N–H and O–H groups in total. The van der Waals surface area contributed by atoms with Gasteiger partial charge in [-0.25, -0.2) is 13.1 Å². The summed E-state index contributed by atoms with van der Waals surface area (Å²) in [5, 5.41) is 17.3. The summed E-state index contributed by atoms with van der Waals surface area (Å²) in [5.74, 6) is -1.09. The molecule has 1 aromatic heterocycles. The Labute approximate surface area is 109 Å². The number of nitrogens with zero attached hydrogens (tertiary/aromatic N) is 1. The van der Waals surface area contributed by atoms with Crippen molar-refractivity contribution in [1.82, 2.24) is 4.72 Å². The van der Waals surface area contributed by atoms with E-state index in [0.29, 0.717) is 0 Å². The maximum atomic E-state index is 12.0. The summed E-state index contributed by atoms with van der Waals surface area (Å²) in [5.41, 5.74) is -1.10. The van der Waals surface area contributed by atoms with Crippen LogP contribution in [0.1, 0.15) is 25.1 Å². The number of nitrogens with one attached hydrogen (secondary N) is 1. The number of aliphatic carboxylic acids is 1. The predicted molar refractivity (Wildman–Crippen MR) is 65.7 cm³/mol. The van der Waals surface area contributed by atoms with E-state index in [2.05, 4.69) is 4.72 Å². The molecule has 0 fully saturated rings. The maximum Gasteiger partial charge on any atom is 0.305 e. The molecule has 0 aliphatic carbocycles. The van der Waals surface area contributed by atoms with Crippen molar-refractivity contribution in [2.45, 2.75) is 30.0 Å². The predicted octanol–water partition coefficient (Wildman–Crippen LogP) is 1.15. The summed E-state index contributed by atoms with van der Waals surface area (Å²) >= 11 is 0.840. The molecule has 0 unspecified atom stereocenters. The number of carboxylic acids is 1. The van der Waals surface area contributed by atoms with Crippen molar-refractivity contribution in [2.24, 2.45) is 0 Å². The molecule has 8 heteroatoms. The second kappa shape index (κ2) is 5.06. The third-order valence-corrected chi connectivity index (χ3v) is 5.14. The minimum Gasteiger partial charge on any atom is -0.481 e. The van der Waals surface area contributed by atoms with Gasteiger partial charge in [-0.05, 0) is 26.0 Å². The Bertz CT molecular complexity index is 596. The topological polar surface area (TPSA) is 107 Å². The summed E-state index contributed by atoms with van der Waals surface area (Å²) in [7, 11) is -3.80. The lowest BCUT2D eigenvalue weighted by atomic mass is 10.0. The van der Waals surface area contributed by atoms with Crippen LogP contribution < -0.4 is 4.72 Å². The van der Waals surface area contributed by atoms with Crippen molar-refractivity contribution in [1.29, 1.82) is 5.26 Å². The fraction of sp³-hybridized carbons (Fsp3) is 0.400. The fourth-order valence-electron chi connectivity index (χ4n) is 1.35. The van der Waals surface area contributed by atoms with Crippen molar-refractivity contribution in [2.75, 3.05) is 0 Å². The van der Waals surface area contributed by atoms with Crippen molar-refractivity contribution in [3.63, 3.8) is 0 Å². The molecule has 0 aromatic carbocycles. The van der Waals surface area contributed by atoms with Gasteiger partial charge in [-0.15, -0.1) is 11.3 Å². The van der Waals surface area contributed by atoms with Gasteiger partial charge in [-0.3, -0.25) is 4.79 Å². The highest BCUT2D eigenvalue weighted by Gasteiger charge is 2.29. The van der Waals surface area contributed by atoms with E-state index < -0.39 is 21.5 Å². The summed E-state index contributed by atoms with van der Waals surface area (Å²) < 4.78 is 26.2. The molecule has 1 heterocycles. The standard InChI is InChI=1S/C10H12N2O4S2/c1-10(2,5-8(13)14)12-18(15,16)9-4-3-7(6-11)17-9/h3-4,12H,5H2,1-2H3,(H,13,14). The molecule has 6 nitrogen and oxygen atoms in total. The largest absolute Gasteiger partial charge is 0.481 e. The van der Waals surface area contributed by atoms with Gasteiger partial charge in [0.15, 0.2) is 0 Å². The van der Waals surface area contributed by atoms with E-state index in [4.69, 9.17) is 10.4 Å². The lowest BCUT2D eigenvalue weighted by Crippen LogP contribution is -2.44. The minimum absolute atomic E-state index is 0.00230. The van der Waals surface area contributed by atoms with E-state index in [-0.39, 0.29) is 15.5 Å². The highest BCUT2D eigenvalue weighted by molar-refractivity contribution is 7.91. The summed E-state index contributed by atoms with van der Waals surface area (Å²) in [6, 6.07) is 4.57. The number of rotatable bonds is 5. The lowest BCUT2D eigenvalue weighted by Gasteiger charge is -2.23. The average Bonchev–Trinajstić information content (AvgIpc) is 2.61. The van der Waals surface area contributed by atoms with E-state index in [1.807, 2.05) is 6.07 Å². The van der Waals surface area contributed by atoms with Crippen molar-refractivity contribution in [3.8, 4) is 6.07 Å². The van der Waals surface area contributed by atoms with Crippen LogP contribution in [0.3, 0.4) is 0 Å². The van der Waals surface area contributed by atoms with Crippen LogP contribution in [0.25, 0.3) is 0 Å². The number of thiophene rings is 1. The molecule has 0 radical (unpaired) electrons. The van der Waals surface area contributed by atoms with E-state index >= 15 is 0 Å². The van der Waals surface area contributed by atoms with Gasteiger partial charge in [0.05, 0.1) is 6.42 Å². The monoisotopic (exact) mass is 288 g/mol. The maximum absolute atomic E-state index is 12.0. The zero-order valence-corrected chi connectivity index (χ0v) is 11.4. The molecule has 18 heavy (non-hydrogen) atoms. The van der Waals surface area contributed by atoms with E-state index in [1.165, 1.54) is 26.0 Å². The number of nitriles is 1. The molecule has 0 amide bonds. The van der Waals surface area contributed by atoms with Crippen molar-refractivity contribution < 1.29 is 18.3 Å². The second-order valence-electron chi connectivity index (χ2n) is 4.29. The molecule has 1 aromatic rings. The number of sulfonamides is 1. The van der Waals surface area contributed by atoms with Crippen LogP contribution in [0.2, 0.25) is 0 Å². The second-order valence-corrected chi connectivity index (χ2v) is 7.28. The highest BCUT2D eigenvalue weighted by Crippen LogP contribution is 2.23.